The van der Waals surface area contributed by atoms with Crippen molar-refractivity contribution in [3.05, 3.63) is 98.0 Å². The molecular weight excluding hydrogens is 509 g/mol. The van der Waals surface area contributed by atoms with Crippen molar-refractivity contribution in [3.63, 3.8) is 0 Å². The van der Waals surface area contributed by atoms with Crippen LogP contribution in [0.4, 0.5) is 5.69 Å². The molecule has 0 saturated carbocycles. The van der Waals surface area contributed by atoms with E-state index in [1.165, 1.54) is 16.8 Å². The maximum absolute atomic E-state index is 6.14. The smallest absolute Gasteiger partial charge is 0.175 e. The van der Waals surface area contributed by atoms with Crippen molar-refractivity contribution in [2.45, 2.75) is 25.0 Å². The molecule has 6 heteroatoms. The number of benzene rings is 3. The Labute approximate surface area is 206 Å². The van der Waals surface area contributed by atoms with Gasteiger partial charge < -0.3 is 14.8 Å². The van der Waals surface area contributed by atoms with Gasteiger partial charge in [0.05, 0.1) is 27.7 Å². The van der Waals surface area contributed by atoms with E-state index in [0.717, 1.165) is 16.5 Å². The molecule has 0 unspecified atom stereocenters. The van der Waals surface area contributed by atoms with Crippen molar-refractivity contribution in [2.24, 2.45) is 5.92 Å². The number of fused-ring (bicyclic) bond motifs is 3. The van der Waals surface area contributed by atoms with Crippen molar-refractivity contribution in [2.75, 3.05) is 12.4 Å². The Balaban J connectivity index is 1.44. The Morgan fingerprint density at radius 1 is 1.06 bits per heavy atom. The van der Waals surface area contributed by atoms with Gasteiger partial charge in [0.2, 0.25) is 0 Å². The number of nitrogens with one attached hydrogen (secondary N) is 1. The number of anilines is 1. The minimum absolute atomic E-state index is 0.180. The molecule has 1 aliphatic carbocycles. The lowest BCUT2D eigenvalue weighted by Gasteiger charge is -2.37. The number of halogens is 3. The van der Waals surface area contributed by atoms with E-state index in [1.807, 2.05) is 12.1 Å². The predicted octanol–water partition coefficient (Wildman–Crippen LogP) is 8.17. The van der Waals surface area contributed by atoms with Crippen LogP contribution in [-0.4, -0.2) is 7.11 Å². The molecule has 3 nitrogen and oxygen atoms in total. The van der Waals surface area contributed by atoms with Crippen molar-refractivity contribution in [1.82, 2.24) is 0 Å². The van der Waals surface area contributed by atoms with Crippen LogP contribution in [-0.2, 0) is 6.61 Å². The van der Waals surface area contributed by atoms with Crippen LogP contribution in [0.2, 0.25) is 10.0 Å². The Morgan fingerprint density at radius 2 is 1.91 bits per heavy atom. The molecule has 0 radical (unpaired) electrons. The zero-order valence-electron chi connectivity index (χ0n) is 17.4. The maximum Gasteiger partial charge on any atom is 0.175 e. The number of allylic oxidation sites excluding steroid dienone is 2. The summed E-state index contributed by atoms with van der Waals surface area (Å²) < 4.78 is 12.7. The normalized spacial score (nSPS) is 20.9. The molecular formula is C26H22BrCl2NO2. The largest absolute Gasteiger partial charge is 0.493 e. The third-order valence-electron chi connectivity index (χ3n) is 6.25. The highest BCUT2D eigenvalue weighted by Crippen LogP contribution is 2.51. The van der Waals surface area contributed by atoms with E-state index < -0.39 is 0 Å². The van der Waals surface area contributed by atoms with Crippen molar-refractivity contribution in [1.29, 1.82) is 0 Å². The van der Waals surface area contributed by atoms with Gasteiger partial charge in [0.25, 0.3) is 0 Å². The molecule has 0 fully saturated rings. The molecule has 2 aliphatic rings. The Hall–Kier alpha value is -2.14. The first-order valence-corrected chi connectivity index (χ1v) is 12.1. The SMILES string of the molecule is COc1cc([C@@H]2Nc3ccccc3[C@@H]3C=CC[C@@H]32)cc(Br)c1OCc1ccc(Cl)c(Cl)c1. The predicted molar refractivity (Wildman–Crippen MR) is 134 cm³/mol. The number of rotatable bonds is 5. The highest BCUT2D eigenvalue weighted by atomic mass is 79.9. The summed E-state index contributed by atoms with van der Waals surface area (Å²) in [5, 5.41) is 4.81. The summed E-state index contributed by atoms with van der Waals surface area (Å²) in [5.74, 6) is 2.24. The summed E-state index contributed by atoms with van der Waals surface area (Å²) in [6.07, 6.45) is 5.69. The minimum Gasteiger partial charge on any atom is -0.493 e. The first kappa shape index (κ1) is 21.7. The van der Waals surface area contributed by atoms with Crippen LogP contribution in [0.1, 0.15) is 35.1 Å². The van der Waals surface area contributed by atoms with E-state index in [9.17, 15) is 0 Å². The first-order valence-electron chi connectivity index (χ1n) is 10.5. The average Bonchev–Trinajstić information content (AvgIpc) is 3.30. The third kappa shape index (κ3) is 4.00. The van der Waals surface area contributed by atoms with Gasteiger partial charge in [-0.15, -0.1) is 0 Å². The Bertz CT molecular complexity index is 1200. The van der Waals surface area contributed by atoms with E-state index in [0.29, 0.717) is 40.0 Å². The molecule has 1 N–H and O–H groups in total. The number of ether oxygens (including phenoxy) is 2. The Morgan fingerprint density at radius 3 is 2.72 bits per heavy atom. The van der Waals surface area contributed by atoms with E-state index in [1.54, 1.807) is 13.2 Å². The lowest BCUT2D eigenvalue weighted by molar-refractivity contribution is 0.282. The molecule has 164 valence electrons. The molecule has 0 bridgehead atoms. The molecule has 0 amide bonds. The highest BCUT2D eigenvalue weighted by molar-refractivity contribution is 9.10. The van der Waals surface area contributed by atoms with E-state index in [4.69, 9.17) is 32.7 Å². The van der Waals surface area contributed by atoms with E-state index >= 15 is 0 Å². The van der Waals surface area contributed by atoms with Gasteiger partial charge in [0.15, 0.2) is 11.5 Å². The minimum atomic E-state index is 0.180. The summed E-state index contributed by atoms with van der Waals surface area (Å²) in [4.78, 5) is 0. The second-order valence-electron chi connectivity index (χ2n) is 8.13. The Kier molecular flexibility index (Phi) is 6.11. The lowest BCUT2D eigenvalue weighted by atomic mass is 9.77. The molecule has 1 aliphatic heterocycles. The van der Waals surface area contributed by atoms with Gasteiger partial charge in [-0.25, -0.2) is 0 Å². The van der Waals surface area contributed by atoms with Gasteiger partial charge in [0, 0.05) is 11.6 Å². The van der Waals surface area contributed by atoms with Crippen LogP contribution >= 0.6 is 39.1 Å². The summed E-state index contributed by atoms with van der Waals surface area (Å²) in [6.45, 7) is 0.356. The standard InChI is InChI=1S/C26H22BrCl2NO2/c1-31-24-13-16(12-20(27)26(24)32-14-15-9-10-21(28)22(29)11-15)25-19-7-4-6-17(19)18-5-2-3-8-23(18)30-25/h2-6,8-13,17,19,25,30H,7,14H2,1H3/t17-,19-,25-/m0/s1. The molecule has 3 aromatic carbocycles. The average molecular weight is 531 g/mol. The van der Waals surface area contributed by atoms with Crippen LogP contribution in [0.25, 0.3) is 0 Å². The summed E-state index contributed by atoms with van der Waals surface area (Å²) >= 11 is 15.9. The summed E-state index contributed by atoms with van der Waals surface area (Å²) in [5.41, 5.74) is 4.67. The molecule has 32 heavy (non-hydrogen) atoms. The monoisotopic (exact) mass is 529 g/mol. The fraction of sp³-hybridized carbons (Fsp3) is 0.231. The first-order chi connectivity index (χ1) is 15.5. The van der Waals surface area contributed by atoms with Crippen LogP contribution < -0.4 is 14.8 Å². The molecule has 1 heterocycles. The third-order valence-corrected chi connectivity index (χ3v) is 7.58. The number of methoxy groups -OCH3 is 1. The van der Waals surface area contributed by atoms with Gasteiger partial charge in [-0.1, -0.05) is 59.6 Å². The molecule has 3 atom stereocenters. The number of hydrogen-bond acceptors (Lipinski definition) is 3. The van der Waals surface area contributed by atoms with Crippen LogP contribution in [0.5, 0.6) is 11.5 Å². The fourth-order valence-electron chi connectivity index (χ4n) is 4.72. The number of hydrogen-bond donors (Lipinski definition) is 1. The second-order valence-corrected chi connectivity index (χ2v) is 9.80. The second kappa shape index (κ2) is 9.01. The molecule has 5 rings (SSSR count). The summed E-state index contributed by atoms with van der Waals surface area (Å²) in [7, 11) is 1.67. The topological polar surface area (TPSA) is 30.5 Å². The van der Waals surface area contributed by atoms with E-state index in [-0.39, 0.29) is 6.04 Å². The van der Waals surface area contributed by atoms with Crippen LogP contribution in [0, 0.1) is 5.92 Å². The molecule has 0 aromatic heterocycles. The van der Waals surface area contributed by atoms with Gasteiger partial charge in [-0.3, -0.25) is 0 Å². The maximum atomic E-state index is 6.14. The van der Waals surface area contributed by atoms with E-state index in [2.05, 4.69) is 69.8 Å². The fourth-order valence-corrected chi connectivity index (χ4v) is 5.61. The van der Waals surface area contributed by atoms with Crippen LogP contribution in [0.3, 0.4) is 0 Å². The van der Waals surface area contributed by atoms with Crippen molar-refractivity contribution in [3.8, 4) is 11.5 Å². The zero-order chi connectivity index (χ0) is 22.2. The van der Waals surface area contributed by atoms with Crippen LogP contribution in [0.15, 0.2) is 71.2 Å². The zero-order valence-corrected chi connectivity index (χ0v) is 20.5. The van der Waals surface area contributed by atoms with Gasteiger partial charge in [-0.2, -0.15) is 0 Å². The lowest BCUT2D eigenvalue weighted by Crippen LogP contribution is -2.29. The quantitative estimate of drug-likeness (QED) is 0.337. The van der Waals surface area contributed by atoms with Crippen molar-refractivity contribution < 1.29 is 9.47 Å². The molecule has 0 saturated heterocycles. The molecule has 3 aromatic rings. The van der Waals surface area contributed by atoms with Crippen molar-refractivity contribution >= 4 is 44.8 Å². The highest BCUT2D eigenvalue weighted by Gasteiger charge is 2.38. The summed E-state index contributed by atoms with van der Waals surface area (Å²) in [6, 6.07) is 18.5. The molecule has 0 spiro atoms. The van der Waals surface area contributed by atoms with Gasteiger partial charge in [-0.05, 0) is 75.3 Å². The van der Waals surface area contributed by atoms with Gasteiger partial charge >= 0.3 is 0 Å². The number of para-hydroxylation sites is 1. The van der Waals surface area contributed by atoms with Gasteiger partial charge in [0.1, 0.15) is 6.61 Å².